The summed E-state index contributed by atoms with van der Waals surface area (Å²) in [6, 6.07) is 0.191. The average Bonchev–Trinajstić information content (AvgIpc) is 2.89. The first-order chi connectivity index (χ1) is 9.16. The molecular weight excluding hydrogens is 313 g/mol. The van der Waals surface area contributed by atoms with Gasteiger partial charge in [0.1, 0.15) is 0 Å². The lowest BCUT2D eigenvalue weighted by molar-refractivity contribution is -0.128. The van der Waals surface area contributed by atoms with Gasteiger partial charge < -0.3 is 15.4 Å². The number of halogens is 2. The highest BCUT2D eigenvalue weighted by molar-refractivity contribution is 5.87. The van der Waals surface area contributed by atoms with Crippen molar-refractivity contribution in [2.75, 3.05) is 39.4 Å². The van der Waals surface area contributed by atoms with E-state index in [4.69, 9.17) is 4.74 Å². The van der Waals surface area contributed by atoms with Gasteiger partial charge in [-0.05, 0) is 32.7 Å². The molecule has 0 aromatic heterocycles. The van der Waals surface area contributed by atoms with Crippen LogP contribution in [0.25, 0.3) is 0 Å². The van der Waals surface area contributed by atoms with Crippen LogP contribution in [0.5, 0.6) is 0 Å². The van der Waals surface area contributed by atoms with Crippen molar-refractivity contribution in [3.63, 3.8) is 0 Å². The third-order valence-corrected chi connectivity index (χ3v) is 4.30. The first-order valence-electron chi connectivity index (χ1n) is 7.52. The number of amides is 1. The van der Waals surface area contributed by atoms with Gasteiger partial charge in [-0.15, -0.1) is 24.8 Å². The van der Waals surface area contributed by atoms with Crippen LogP contribution in [0.3, 0.4) is 0 Å². The number of nitrogens with zero attached hydrogens (tertiary/aromatic N) is 1. The summed E-state index contributed by atoms with van der Waals surface area (Å²) in [4.78, 5) is 14.8. The number of rotatable bonds is 5. The molecule has 1 amide bonds. The summed E-state index contributed by atoms with van der Waals surface area (Å²) in [5.41, 5.74) is -0.320. The number of morpholine rings is 1. The molecule has 21 heavy (non-hydrogen) atoms. The van der Waals surface area contributed by atoms with Gasteiger partial charge in [-0.3, -0.25) is 9.69 Å². The summed E-state index contributed by atoms with van der Waals surface area (Å²) >= 11 is 0. The van der Waals surface area contributed by atoms with Gasteiger partial charge in [0.2, 0.25) is 5.91 Å². The lowest BCUT2D eigenvalue weighted by Crippen LogP contribution is -2.56. The molecule has 2 unspecified atom stereocenters. The first-order valence-corrected chi connectivity index (χ1v) is 7.52. The molecule has 2 rings (SSSR count). The Balaban J connectivity index is 0.00000200. The molecule has 0 aromatic rings. The third kappa shape index (κ3) is 5.57. The highest BCUT2D eigenvalue weighted by Crippen LogP contribution is 2.23. The van der Waals surface area contributed by atoms with Crippen molar-refractivity contribution in [1.29, 1.82) is 0 Å². The van der Waals surface area contributed by atoms with Crippen LogP contribution in [-0.2, 0) is 9.53 Å². The number of nitrogens with one attached hydrogen (secondary N) is 2. The average molecular weight is 342 g/mol. The summed E-state index contributed by atoms with van der Waals surface area (Å²) < 4.78 is 5.34. The number of carbonyl (C=O) groups excluding carboxylic acids is 1. The molecule has 2 atom stereocenters. The molecule has 2 aliphatic heterocycles. The second kappa shape index (κ2) is 9.85. The molecular formula is C14H29Cl2N3O2. The van der Waals surface area contributed by atoms with Crippen LogP contribution in [0, 0.1) is 0 Å². The molecule has 0 bridgehead atoms. The lowest BCUT2D eigenvalue weighted by Gasteiger charge is -2.32. The molecule has 2 heterocycles. The summed E-state index contributed by atoms with van der Waals surface area (Å²) in [6.45, 7) is 9.60. The van der Waals surface area contributed by atoms with E-state index >= 15 is 0 Å². The fraction of sp³-hybridized carbons (Fsp3) is 0.929. The Morgan fingerprint density at radius 3 is 2.57 bits per heavy atom. The number of ether oxygens (including phenoxy) is 1. The predicted molar refractivity (Wildman–Crippen MR) is 89.6 cm³/mol. The second-order valence-corrected chi connectivity index (χ2v) is 5.75. The SMILES string of the molecule is CCC1(C(=O)NC(C)CN2CCOCC2)CCCN1.Cl.Cl. The molecule has 2 saturated heterocycles. The minimum absolute atomic E-state index is 0. The van der Waals surface area contributed by atoms with Crippen LogP contribution >= 0.6 is 24.8 Å². The molecule has 0 spiro atoms. The maximum Gasteiger partial charge on any atom is 0.240 e. The highest BCUT2D eigenvalue weighted by Gasteiger charge is 2.39. The molecule has 2 aliphatic rings. The van der Waals surface area contributed by atoms with E-state index in [1.54, 1.807) is 0 Å². The Bertz CT molecular complexity index is 307. The van der Waals surface area contributed by atoms with E-state index in [0.29, 0.717) is 0 Å². The standard InChI is InChI=1S/C14H27N3O2.2ClH/c1-3-14(5-4-6-15-14)13(18)16-12(2)11-17-7-9-19-10-8-17;;/h12,15H,3-11H2,1-2H3,(H,16,18);2*1H. The van der Waals surface area contributed by atoms with Crippen LogP contribution in [0.15, 0.2) is 0 Å². The van der Waals surface area contributed by atoms with Crippen molar-refractivity contribution in [2.24, 2.45) is 0 Å². The normalized spacial score (nSPS) is 27.3. The summed E-state index contributed by atoms with van der Waals surface area (Å²) in [7, 11) is 0. The zero-order valence-electron chi connectivity index (χ0n) is 13.0. The Labute approximate surface area is 140 Å². The molecule has 0 aromatic carbocycles. The fourth-order valence-corrected chi connectivity index (χ4v) is 3.04. The Morgan fingerprint density at radius 2 is 2.05 bits per heavy atom. The topological polar surface area (TPSA) is 53.6 Å². The molecule has 2 N–H and O–H groups in total. The summed E-state index contributed by atoms with van der Waals surface area (Å²) in [5, 5.41) is 6.56. The lowest BCUT2D eigenvalue weighted by atomic mass is 9.93. The van der Waals surface area contributed by atoms with Crippen LogP contribution in [0.4, 0.5) is 0 Å². The van der Waals surface area contributed by atoms with Gasteiger partial charge in [0, 0.05) is 25.7 Å². The van der Waals surface area contributed by atoms with Gasteiger partial charge in [0.05, 0.1) is 18.8 Å². The van der Waals surface area contributed by atoms with E-state index in [1.165, 1.54) is 0 Å². The van der Waals surface area contributed by atoms with Crippen molar-refractivity contribution in [1.82, 2.24) is 15.5 Å². The van der Waals surface area contributed by atoms with E-state index in [9.17, 15) is 4.79 Å². The van der Waals surface area contributed by atoms with Crippen LogP contribution < -0.4 is 10.6 Å². The summed E-state index contributed by atoms with van der Waals surface area (Å²) in [5.74, 6) is 0.174. The van der Waals surface area contributed by atoms with Gasteiger partial charge in [0.25, 0.3) is 0 Å². The maximum atomic E-state index is 12.4. The molecule has 0 aliphatic carbocycles. The minimum Gasteiger partial charge on any atom is -0.379 e. The van der Waals surface area contributed by atoms with Crippen molar-refractivity contribution in [3.8, 4) is 0 Å². The molecule has 0 radical (unpaired) electrons. The van der Waals surface area contributed by atoms with Gasteiger partial charge >= 0.3 is 0 Å². The zero-order valence-corrected chi connectivity index (χ0v) is 14.7. The number of hydrogen-bond acceptors (Lipinski definition) is 4. The van der Waals surface area contributed by atoms with Crippen LogP contribution in [-0.4, -0.2) is 61.8 Å². The van der Waals surface area contributed by atoms with Crippen molar-refractivity contribution in [3.05, 3.63) is 0 Å². The van der Waals surface area contributed by atoms with E-state index in [1.807, 2.05) is 0 Å². The van der Waals surface area contributed by atoms with Gasteiger partial charge in [-0.25, -0.2) is 0 Å². The van der Waals surface area contributed by atoms with Gasteiger partial charge in [-0.2, -0.15) is 0 Å². The Morgan fingerprint density at radius 1 is 1.38 bits per heavy atom. The van der Waals surface area contributed by atoms with Crippen LogP contribution in [0.2, 0.25) is 0 Å². The largest absolute Gasteiger partial charge is 0.379 e. The molecule has 5 nitrogen and oxygen atoms in total. The van der Waals surface area contributed by atoms with E-state index in [0.717, 1.165) is 58.7 Å². The Kier molecular flexibility index (Phi) is 9.81. The molecule has 2 fully saturated rings. The van der Waals surface area contributed by atoms with E-state index in [-0.39, 0.29) is 42.3 Å². The van der Waals surface area contributed by atoms with Gasteiger partial charge in [0.15, 0.2) is 0 Å². The Hall–Kier alpha value is -0.0700. The van der Waals surface area contributed by atoms with Crippen molar-refractivity contribution >= 4 is 30.7 Å². The monoisotopic (exact) mass is 341 g/mol. The van der Waals surface area contributed by atoms with E-state index < -0.39 is 0 Å². The van der Waals surface area contributed by atoms with Crippen LogP contribution in [0.1, 0.15) is 33.1 Å². The third-order valence-electron chi connectivity index (χ3n) is 4.30. The first kappa shape index (κ1) is 20.9. The van der Waals surface area contributed by atoms with Gasteiger partial charge in [-0.1, -0.05) is 6.92 Å². The minimum atomic E-state index is -0.320. The predicted octanol–water partition coefficient (Wildman–Crippen LogP) is 1.20. The number of hydrogen-bond donors (Lipinski definition) is 2. The summed E-state index contributed by atoms with van der Waals surface area (Å²) in [6.07, 6.45) is 2.92. The van der Waals surface area contributed by atoms with Crippen molar-refractivity contribution in [2.45, 2.75) is 44.7 Å². The number of carbonyl (C=O) groups is 1. The zero-order chi connectivity index (χ0) is 13.7. The smallest absolute Gasteiger partial charge is 0.240 e. The molecule has 0 saturated carbocycles. The maximum absolute atomic E-state index is 12.4. The van der Waals surface area contributed by atoms with Crippen molar-refractivity contribution < 1.29 is 9.53 Å². The highest BCUT2D eigenvalue weighted by atomic mass is 35.5. The second-order valence-electron chi connectivity index (χ2n) is 5.75. The molecule has 7 heteroatoms. The van der Waals surface area contributed by atoms with E-state index in [2.05, 4.69) is 29.4 Å². The quantitative estimate of drug-likeness (QED) is 0.788. The fourth-order valence-electron chi connectivity index (χ4n) is 3.04. The molecule has 126 valence electrons.